The van der Waals surface area contributed by atoms with Crippen LogP contribution in [0.3, 0.4) is 0 Å². The van der Waals surface area contributed by atoms with Gasteiger partial charge < -0.3 is 0 Å². The van der Waals surface area contributed by atoms with Crippen LogP contribution in [0, 0.1) is 39.7 Å². The third-order valence-corrected chi connectivity index (χ3v) is 8.54. The van der Waals surface area contributed by atoms with E-state index in [9.17, 15) is 22.0 Å². The smallest absolute Gasteiger partial charge is 0.214 e. The first kappa shape index (κ1) is 31.5. The number of halogens is 5. The van der Waals surface area contributed by atoms with E-state index < -0.39 is 49.3 Å². The molecule has 0 heterocycles. The SMILES string of the molecule is Fc1c(F)c(F)c(C#C[As](c2ccc[cH-]2)c2ccc[cH-]2)c(F)c1F.[Fe+2].[Fe+2].c1cc[cH-]c1.c1cc[cH-]c1. The molecule has 0 aliphatic carbocycles. The molecule has 0 bridgehead atoms. The van der Waals surface area contributed by atoms with Crippen LogP contribution in [0.4, 0.5) is 22.0 Å². The normalized spacial score (nSPS) is 9.39. The minimum Gasteiger partial charge on any atom is -0.214 e. The second-order valence-corrected chi connectivity index (χ2v) is 10.8. The van der Waals surface area contributed by atoms with Crippen molar-refractivity contribution < 1.29 is 56.1 Å². The molecule has 0 atom stereocenters. The van der Waals surface area contributed by atoms with E-state index in [1.54, 1.807) is 24.3 Å². The molecule has 0 aliphatic heterocycles. The van der Waals surface area contributed by atoms with Gasteiger partial charge in [0.2, 0.25) is 0 Å². The Labute approximate surface area is 232 Å². The van der Waals surface area contributed by atoms with Crippen LogP contribution in [-0.4, -0.2) is 14.7 Å². The van der Waals surface area contributed by atoms with Crippen LogP contribution in [0.1, 0.15) is 5.56 Å². The second-order valence-electron chi connectivity index (χ2n) is 6.73. The summed E-state index contributed by atoms with van der Waals surface area (Å²) in [4.78, 5) is 0. The van der Waals surface area contributed by atoms with Gasteiger partial charge in [0.15, 0.2) is 0 Å². The van der Waals surface area contributed by atoms with Crippen LogP contribution in [-0.2, 0) is 34.1 Å². The van der Waals surface area contributed by atoms with Gasteiger partial charge in [-0.2, -0.15) is 36.4 Å². The fourth-order valence-electron chi connectivity index (χ4n) is 2.77. The fraction of sp³-hybridized carbons (Fsp3) is 0. The number of hydrogen-bond acceptors (Lipinski definition) is 0. The molecule has 186 valence electrons. The monoisotopic (exact) mass is 636 g/mol. The summed E-state index contributed by atoms with van der Waals surface area (Å²) < 4.78 is 71.6. The molecular weight excluding hydrogens is 618 g/mol. The van der Waals surface area contributed by atoms with Gasteiger partial charge in [-0.1, -0.05) is 0 Å². The van der Waals surface area contributed by atoms with Crippen LogP contribution in [0.15, 0.2) is 109 Å². The molecule has 0 saturated carbocycles. The Balaban J connectivity index is 0.000000448. The van der Waals surface area contributed by atoms with Crippen molar-refractivity contribution in [3.05, 3.63) is 144 Å². The van der Waals surface area contributed by atoms with Crippen molar-refractivity contribution in [3.63, 3.8) is 0 Å². The van der Waals surface area contributed by atoms with Crippen molar-refractivity contribution in [1.29, 1.82) is 0 Å². The fourth-order valence-corrected chi connectivity index (χ4v) is 6.38. The van der Waals surface area contributed by atoms with Crippen LogP contribution < -0.4 is 8.70 Å². The summed E-state index contributed by atoms with van der Waals surface area (Å²) in [6.45, 7) is 0. The molecule has 0 saturated heterocycles. The van der Waals surface area contributed by atoms with Crippen molar-refractivity contribution in [2.45, 2.75) is 0 Å². The van der Waals surface area contributed by atoms with Gasteiger partial charge in [0, 0.05) is 0 Å². The molecule has 0 N–H and O–H groups in total. The first-order valence-corrected chi connectivity index (χ1v) is 12.9. The minimum atomic E-state index is -2.22. The molecule has 0 radical (unpaired) electrons. The van der Waals surface area contributed by atoms with Crippen LogP contribution in [0.25, 0.3) is 0 Å². The third kappa shape index (κ3) is 8.52. The van der Waals surface area contributed by atoms with Crippen LogP contribution in [0.5, 0.6) is 0 Å². The van der Waals surface area contributed by atoms with Gasteiger partial charge in [0.05, 0.1) is 0 Å². The number of hydrogen-bond donors (Lipinski definition) is 0. The molecular formula is C28H18AsF5Fe2. The topological polar surface area (TPSA) is 0 Å². The molecule has 8 heteroatoms. The predicted molar refractivity (Wildman–Crippen MR) is 126 cm³/mol. The van der Waals surface area contributed by atoms with E-state index in [4.69, 9.17) is 0 Å². The summed E-state index contributed by atoms with van der Waals surface area (Å²) in [6, 6.07) is 34.6. The molecule has 0 nitrogen and oxygen atoms in total. The molecule has 5 aromatic carbocycles. The van der Waals surface area contributed by atoms with Crippen molar-refractivity contribution in [2.24, 2.45) is 0 Å². The quantitative estimate of drug-likeness (QED) is 0.0573. The van der Waals surface area contributed by atoms with Crippen molar-refractivity contribution >= 4 is 23.4 Å². The average Bonchev–Trinajstić information content (AvgIpc) is 3.69. The van der Waals surface area contributed by atoms with E-state index in [-0.39, 0.29) is 34.1 Å². The minimum absolute atomic E-state index is 0. The summed E-state index contributed by atoms with van der Waals surface area (Å²) in [7, 11) is 0. The Morgan fingerprint density at radius 3 is 1.22 bits per heavy atom. The van der Waals surface area contributed by atoms with E-state index in [0.717, 1.165) is 8.70 Å². The third-order valence-electron chi connectivity index (χ3n) is 4.42. The number of benzene rings is 1. The molecule has 5 rings (SSSR count). The average molecular weight is 636 g/mol. The zero-order chi connectivity index (χ0) is 24.3. The second kappa shape index (κ2) is 16.2. The molecule has 5 aromatic rings. The summed E-state index contributed by atoms with van der Waals surface area (Å²) in [6.07, 6.45) is 0. The Kier molecular flexibility index (Phi) is 14.2. The summed E-state index contributed by atoms with van der Waals surface area (Å²) in [5, 5.41) is 0. The maximum absolute atomic E-state index is 13.7. The van der Waals surface area contributed by atoms with Gasteiger partial charge in [-0.25, -0.2) is 24.3 Å². The molecule has 36 heavy (non-hydrogen) atoms. The maximum Gasteiger partial charge on any atom is 2.00 e. The molecule has 0 aromatic heterocycles. The zero-order valence-corrected chi connectivity index (χ0v) is 22.5. The van der Waals surface area contributed by atoms with Gasteiger partial charge in [-0.3, -0.25) is 0 Å². The van der Waals surface area contributed by atoms with Gasteiger partial charge in [0.25, 0.3) is 0 Å². The molecule has 0 aliphatic rings. The maximum atomic E-state index is 13.7. The van der Waals surface area contributed by atoms with E-state index in [1.165, 1.54) is 0 Å². The van der Waals surface area contributed by atoms with Crippen molar-refractivity contribution in [1.82, 2.24) is 0 Å². The van der Waals surface area contributed by atoms with Crippen LogP contribution in [0.2, 0.25) is 0 Å². The Morgan fingerprint density at radius 1 is 0.528 bits per heavy atom. The molecule has 0 spiro atoms. The zero-order valence-electron chi connectivity index (χ0n) is 18.4. The standard InChI is InChI=1S/C18H8AsF5.2C5H5.2Fe/c20-14-13(15(21)17(23)18(24)16(14)22)9-10-19(11-5-1-2-6-11)12-7-3-4-8-12;2*1-2-4-5-3-1;;/h1-8H;2*1-5H;;/q-2;2*-1;2*+2. The van der Waals surface area contributed by atoms with Gasteiger partial charge in [0.1, 0.15) is 0 Å². The Bertz CT molecular complexity index is 1180. The summed E-state index contributed by atoms with van der Waals surface area (Å²) in [5.41, 5.74) is -1.09. The van der Waals surface area contributed by atoms with E-state index in [2.05, 4.69) is 10.6 Å². The van der Waals surface area contributed by atoms with Gasteiger partial charge in [-0.15, -0.1) is 0 Å². The van der Waals surface area contributed by atoms with Crippen molar-refractivity contribution in [2.75, 3.05) is 0 Å². The first-order chi connectivity index (χ1) is 16.5. The first-order valence-electron chi connectivity index (χ1n) is 10.1. The molecule has 0 fully saturated rings. The van der Waals surface area contributed by atoms with Gasteiger partial charge in [-0.05, 0) is 0 Å². The Morgan fingerprint density at radius 2 is 0.917 bits per heavy atom. The van der Waals surface area contributed by atoms with E-state index in [0.29, 0.717) is 0 Å². The Hall–Kier alpha value is -2.57. The van der Waals surface area contributed by atoms with E-state index in [1.807, 2.05) is 84.9 Å². The molecule has 0 amide bonds. The van der Waals surface area contributed by atoms with Crippen LogP contribution >= 0.6 is 0 Å². The summed E-state index contributed by atoms with van der Waals surface area (Å²) in [5.74, 6) is -7.78. The predicted octanol–water partition coefficient (Wildman–Crippen LogP) is 5.83. The van der Waals surface area contributed by atoms with Crippen molar-refractivity contribution in [3.8, 4) is 10.6 Å². The molecule has 0 unspecified atom stereocenters. The largest absolute Gasteiger partial charge is 2.00 e. The van der Waals surface area contributed by atoms with E-state index >= 15 is 0 Å². The number of rotatable bonds is 2. The van der Waals surface area contributed by atoms with Gasteiger partial charge >= 0.3 is 173 Å². The summed E-state index contributed by atoms with van der Waals surface area (Å²) >= 11 is -2.22.